The minimum Gasteiger partial charge on any atom is -0.462 e. The second-order valence-corrected chi connectivity index (χ2v) is 7.78. The van der Waals surface area contributed by atoms with Gasteiger partial charge in [-0.3, -0.25) is 4.79 Å². The van der Waals surface area contributed by atoms with E-state index in [2.05, 4.69) is 9.97 Å². The Morgan fingerprint density at radius 3 is 2.86 bits per heavy atom. The van der Waals surface area contributed by atoms with Gasteiger partial charge in [-0.25, -0.2) is 14.2 Å². The lowest BCUT2D eigenvalue weighted by Gasteiger charge is -2.21. The molecule has 2 N–H and O–H groups in total. The number of carbonyl (C=O) groups excluding carboxylic acids is 1. The van der Waals surface area contributed by atoms with Gasteiger partial charge in [-0.15, -0.1) is 11.3 Å². The zero-order chi connectivity index (χ0) is 20.4. The highest BCUT2D eigenvalue weighted by Gasteiger charge is 2.24. The maximum atomic E-state index is 13.4. The SMILES string of the molecule is CCOC(=O)c1sc2nc([C@H](C)[NH+](C)Cc3cccc(F)c3)[nH]c(=O)c2c1C. The molecule has 1 unspecified atom stereocenters. The third kappa shape index (κ3) is 3.98. The number of quaternary nitrogens is 1. The monoisotopic (exact) mass is 404 g/mol. The first-order valence-corrected chi connectivity index (χ1v) is 9.90. The van der Waals surface area contributed by atoms with Gasteiger partial charge >= 0.3 is 5.97 Å². The van der Waals surface area contributed by atoms with Crippen LogP contribution in [0.15, 0.2) is 29.1 Å². The van der Waals surface area contributed by atoms with Crippen LogP contribution < -0.4 is 10.5 Å². The molecule has 2 aromatic heterocycles. The Morgan fingerprint density at radius 1 is 1.43 bits per heavy atom. The van der Waals surface area contributed by atoms with Crippen molar-refractivity contribution in [3.8, 4) is 0 Å². The van der Waals surface area contributed by atoms with Crippen LogP contribution >= 0.6 is 11.3 Å². The number of carbonyl (C=O) groups is 1. The van der Waals surface area contributed by atoms with Gasteiger partial charge in [-0.2, -0.15) is 0 Å². The highest BCUT2D eigenvalue weighted by atomic mass is 32.1. The molecule has 6 nitrogen and oxygen atoms in total. The van der Waals surface area contributed by atoms with Crippen LogP contribution in [0.4, 0.5) is 4.39 Å². The maximum absolute atomic E-state index is 13.4. The summed E-state index contributed by atoms with van der Waals surface area (Å²) < 4.78 is 18.5. The molecule has 0 amide bonds. The first kappa shape index (κ1) is 20.2. The molecule has 0 radical (unpaired) electrons. The van der Waals surface area contributed by atoms with Gasteiger partial charge in [-0.05, 0) is 38.5 Å². The van der Waals surface area contributed by atoms with Gasteiger partial charge < -0.3 is 14.6 Å². The number of fused-ring (bicyclic) bond motifs is 1. The third-order valence-corrected chi connectivity index (χ3v) is 5.97. The lowest BCUT2D eigenvalue weighted by atomic mass is 10.1. The van der Waals surface area contributed by atoms with Crippen LogP contribution in [0.5, 0.6) is 0 Å². The van der Waals surface area contributed by atoms with E-state index in [9.17, 15) is 14.0 Å². The number of rotatable bonds is 6. The predicted molar refractivity (Wildman–Crippen MR) is 106 cm³/mol. The number of nitrogens with zero attached hydrogens (tertiary/aromatic N) is 1. The molecule has 0 aliphatic heterocycles. The molecule has 148 valence electrons. The van der Waals surface area contributed by atoms with Crippen LogP contribution in [-0.2, 0) is 11.3 Å². The molecule has 0 saturated carbocycles. The Balaban J connectivity index is 1.92. The van der Waals surface area contributed by atoms with E-state index in [-0.39, 0.29) is 24.0 Å². The fourth-order valence-electron chi connectivity index (χ4n) is 3.11. The third-order valence-electron chi connectivity index (χ3n) is 4.80. The van der Waals surface area contributed by atoms with Crippen molar-refractivity contribution in [1.29, 1.82) is 0 Å². The quantitative estimate of drug-likeness (QED) is 0.619. The van der Waals surface area contributed by atoms with Gasteiger partial charge in [0.05, 0.1) is 19.0 Å². The van der Waals surface area contributed by atoms with E-state index in [1.54, 1.807) is 19.9 Å². The Bertz CT molecular complexity index is 1080. The predicted octanol–water partition coefficient (Wildman–Crippen LogP) is 2.38. The number of aromatic nitrogens is 2. The van der Waals surface area contributed by atoms with Crippen molar-refractivity contribution < 1.29 is 18.8 Å². The number of benzene rings is 1. The summed E-state index contributed by atoms with van der Waals surface area (Å²) in [5.74, 6) is -0.180. The average molecular weight is 404 g/mol. The fraction of sp³-hybridized carbons (Fsp3) is 0.350. The van der Waals surface area contributed by atoms with Crippen LogP contribution in [0.1, 0.15) is 46.5 Å². The molecule has 0 spiro atoms. The summed E-state index contributed by atoms with van der Waals surface area (Å²) in [5, 5.41) is 0.423. The zero-order valence-electron chi connectivity index (χ0n) is 16.3. The number of H-pyrrole nitrogens is 1. The van der Waals surface area contributed by atoms with Crippen molar-refractivity contribution in [2.45, 2.75) is 33.4 Å². The molecule has 3 rings (SSSR count). The summed E-state index contributed by atoms with van der Waals surface area (Å²) in [6.07, 6.45) is 0. The molecule has 0 aliphatic rings. The molecule has 3 aromatic rings. The molecular formula is C20H23FN3O3S+. The molecule has 2 heterocycles. The lowest BCUT2D eigenvalue weighted by molar-refractivity contribution is -0.924. The highest BCUT2D eigenvalue weighted by molar-refractivity contribution is 7.20. The van der Waals surface area contributed by atoms with E-state index < -0.39 is 5.97 Å². The Hall–Kier alpha value is -2.58. The summed E-state index contributed by atoms with van der Waals surface area (Å²) in [7, 11) is 1.96. The number of hydrogen-bond donors (Lipinski definition) is 2. The largest absolute Gasteiger partial charge is 0.462 e. The molecule has 28 heavy (non-hydrogen) atoms. The Kier molecular flexibility index (Phi) is 5.90. The standard InChI is InChI=1S/C20H22FN3O3S/c1-5-27-20(26)16-11(2)15-18(25)22-17(23-19(15)28-16)12(3)24(4)10-13-7-6-8-14(21)9-13/h6-9,12H,5,10H2,1-4H3,(H,22,23,25)/p+1/t12-/m0/s1. The zero-order valence-corrected chi connectivity index (χ0v) is 17.1. The summed E-state index contributed by atoms with van der Waals surface area (Å²) in [4.78, 5) is 34.2. The molecule has 8 heteroatoms. The first-order chi connectivity index (χ1) is 13.3. The van der Waals surface area contributed by atoms with E-state index in [1.165, 1.54) is 23.5 Å². The van der Waals surface area contributed by atoms with E-state index in [4.69, 9.17) is 4.74 Å². The number of thiophene rings is 1. The van der Waals surface area contributed by atoms with Crippen LogP contribution in [0.2, 0.25) is 0 Å². The normalized spacial score (nSPS) is 13.5. The summed E-state index contributed by atoms with van der Waals surface area (Å²) in [6.45, 7) is 6.27. The molecule has 0 saturated heterocycles. The van der Waals surface area contributed by atoms with E-state index in [0.717, 1.165) is 10.5 Å². The van der Waals surface area contributed by atoms with Crippen molar-refractivity contribution in [1.82, 2.24) is 9.97 Å². The lowest BCUT2D eigenvalue weighted by Crippen LogP contribution is -3.07. The van der Waals surface area contributed by atoms with Crippen LogP contribution in [0.25, 0.3) is 10.2 Å². The molecule has 1 aromatic carbocycles. The van der Waals surface area contributed by atoms with Crippen molar-refractivity contribution in [3.05, 3.63) is 62.3 Å². The summed E-state index contributed by atoms with van der Waals surface area (Å²) in [6, 6.07) is 6.33. The van der Waals surface area contributed by atoms with Gasteiger partial charge in [-0.1, -0.05) is 12.1 Å². The smallest absolute Gasteiger partial charge is 0.348 e. The topological polar surface area (TPSA) is 76.5 Å². The van der Waals surface area contributed by atoms with Crippen molar-refractivity contribution >= 4 is 27.5 Å². The van der Waals surface area contributed by atoms with Gasteiger partial charge in [0.25, 0.3) is 5.56 Å². The Morgan fingerprint density at radius 2 is 2.18 bits per heavy atom. The minimum absolute atomic E-state index is 0.131. The van der Waals surface area contributed by atoms with Gasteiger partial charge in [0.2, 0.25) is 0 Å². The molecule has 0 fully saturated rings. The summed E-state index contributed by atoms with van der Waals surface area (Å²) in [5.41, 5.74) is 1.19. The van der Waals surface area contributed by atoms with Gasteiger partial charge in [0.1, 0.15) is 28.1 Å². The average Bonchev–Trinajstić information content (AvgIpc) is 2.98. The number of ether oxygens (including phenoxy) is 1. The molecule has 0 aliphatic carbocycles. The molecule has 2 atom stereocenters. The van der Waals surface area contributed by atoms with Crippen molar-refractivity contribution in [2.75, 3.05) is 13.7 Å². The van der Waals surface area contributed by atoms with Crippen molar-refractivity contribution in [2.24, 2.45) is 0 Å². The van der Waals surface area contributed by atoms with Crippen LogP contribution in [0.3, 0.4) is 0 Å². The number of hydrogen-bond acceptors (Lipinski definition) is 5. The van der Waals surface area contributed by atoms with Crippen molar-refractivity contribution in [3.63, 3.8) is 0 Å². The van der Waals surface area contributed by atoms with Crippen LogP contribution in [-0.4, -0.2) is 29.6 Å². The maximum Gasteiger partial charge on any atom is 0.348 e. The second-order valence-electron chi connectivity index (χ2n) is 6.78. The second kappa shape index (κ2) is 8.20. The van der Waals surface area contributed by atoms with Gasteiger partial charge in [0, 0.05) is 5.56 Å². The number of esters is 1. The number of aryl methyl sites for hydroxylation is 1. The first-order valence-electron chi connectivity index (χ1n) is 9.09. The molecular weight excluding hydrogens is 381 g/mol. The van der Waals surface area contributed by atoms with E-state index >= 15 is 0 Å². The number of halogens is 1. The summed E-state index contributed by atoms with van der Waals surface area (Å²) >= 11 is 1.17. The number of aromatic amines is 1. The van der Waals surface area contributed by atoms with E-state index in [0.29, 0.717) is 33.0 Å². The minimum atomic E-state index is -0.439. The number of nitrogens with one attached hydrogen (secondary N) is 2. The fourth-order valence-corrected chi connectivity index (χ4v) is 4.19. The van der Waals surface area contributed by atoms with E-state index in [1.807, 2.05) is 20.0 Å². The Labute approximate surface area is 166 Å². The van der Waals surface area contributed by atoms with Crippen LogP contribution in [0, 0.1) is 12.7 Å². The highest BCUT2D eigenvalue weighted by Crippen LogP contribution is 2.28. The van der Waals surface area contributed by atoms with Gasteiger partial charge in [0.15, 0.2) is 5.82 Å². The molecule has 0 bridgehead atoms.